The fraction of sp³-hybridized carbons (Fsp3) is 0.312. The zero-order valence-electron chi connectivity index (χ0n) is 12.9. The first-order valence-electron chi connectivity index (χ1n) is 7.52. The average molecular weight is 348 g/mol. The van der Waals surface area contributed by atoms with Crippen LogP contribution in [0.5, 0.6) is 0 Å². The molecule has 1 aliphatic rings. The Morgan fingerprint density at radius 3 is 2.56 bits per heavy atom. The number of hydrogen-bond acceptors (Lipinski definition) is 7. The Hall–Kier alpha value is -2.75. The van der Waals surface area contributed by atoms with Crippen LogP contribution in [-0.2, 0) is 9.47 Å². The average Bonchev–Trinajstić information content (AvgIpc) is 2.89. The van der Waals surface area contributed by atoms with Gasteiger partial charge in [-0.3, -0.25) is 14.3 Å². The molecule has 2 aromatic rings. The largest absolute Gasteiger partial charge is 0.459 e. The van der Waals surface area contributed by atoms with Crippen molar-refractivity contribution in [2.24, 2.45) is 0 Å². The molecule has 3 rings (SSSR count). The molecule has 0 bridgehead atoms. The third kappa shape index (κ3) is 3.53. The Morgan fingerprint density at radius 2 is 1.88 bits per heavy atom. The van der Waals surface area contributed by atoms with Crippen LogP contribution in [0.2, 0.25) is 0 Å². The number of aromatic nitrogens is 2. The van der Waals surface area contributed by atoms with E-state index in [-0.39, 0.29) is 6.61 Å². The number of esters is 1. The van der Waals surface area contributed by atoms with Gasteiger partial charge in [0.05, 0.1) is 5.56 Å². The van der Waals surface area contributed by atoms with Gasteiger partial charge < -0.3 is 19.7 Å². The number of benzene rings is 1. The van der Waals surface area contributed by atoms with Crippen molar-refractivity contribution in [1.29, 1.82) is 0 Å². The van der Waals surface area contributed by atoms with Gasteiger partial charge in [0, 0.05) is 12.3 Å². The Balaban J connectivity index is 1.69. The van der Waals surface area contributed by atoms with Crippen LogP contribution >= 0.6 is 0 Å². The van der Waals surface area contributed by atoms with Gasteiger partial charge in [0.2, 0.25) is 0 Å². The van der Waals surface area contributed by atoms with E-state index in [0.717, 1.165) is 16.8 Å². The molecule has 0 spiro atoms. The number of rotatable bonds is 4. The van der Waals surface area contributed by atoms with E-state index in [0.29, 0.717) is 5.56 Å². The number of nitrogens with zero attached hydrogens (tertiary/aromatic N) is 1. The minimum absolute atomic E-state index is 0.305. The molecule has 0 aliphatic carbocycles. The molecule has 0 unspecified atom stereocenters. The summed E-state index contributed by atoms with van der Waals surface area (Å²) in [5, 5.41) is 20.2. The molecule has 0 saturated carbocycles. The number of hydrogen-bond donors (Lipinski definition) is 3. The predicted octanol–water partition coefficient (Wildman–Crippen LogP) is -0.987. The van der Waals surface area contributed by atoms with Crippen LogP contribution in [0.4, 0.5) is 0 Å². The lowest BCUT2D eigenvalue weighted by molar-refractivity contribution is -0.0599. The predicted molar refractivity (Wildman–Crippen MR) is 84.0 cm³/mol. The first-order chi connectivity index (χ1) is 12.0. The quantitative estimate of drug-likeness (QED) is 0.605. The topological polar surface area (TPSA) is 131 Å². The number of H-pyrrole nitrogens is 1. The van der Waals surface area contributed by atoms with Gasteiger partial charge in [-0.2, -0.15) is 0 Å². The molecule has 9 nitrogen and oxygen atoms in total. The SMILES string of the molecule is O=C(OC[C@H]1O[C@@H](n2ccc(=O)[nH]c2=O)[C@@H](O)[C@@H]1O)c1ccccc1. The zero-order chi connectivity index (χ0) is 18.0. The van der Waals surface area contributed by atoms with Crippen LogP contribution in [-0.4, -0.2) is 50.7 Å². The molecule has 1 aromatic carbocycles. The summed E-state index contributed by atoms with van der Waals surface area (Å²) in [5.41, 5.74) is -1.04. The second-order valence-electron chi connectivity index (χ2n) is 5.53. The molecule has 1 aliphatic heterocycles. The number of ether oxygens (including phenoxy) is 2. The number of nitrogens with one attached hydrogen (secondary N) is 1. The van der Waals surface area contributed by atoms with E-state index in [1.807, 2.05) is 4.98 Å². The third-order valence-corrected chi connectivity index (χ3v) is 3.85. The number of aromatic amines is 1. The highest BCUT2D eigenvalue weighted by Gasteiger charge is 2.44. The molecule has 1 aromatic heterocycles. The Kier molecular flexibility index (Phi) is 4.79. The highest BCUT2D eigenvalue weighted by atomic mass is 16.6. The summed E-state index contributed by atoms with van der Waals surface area (Å²) in [6, 6.07) is 9.35. The monoisotopic (exact) mass is 348 g/mol. The molecule has 1 saturated heterocycles. The van der Waals surface area contributed by atoms with Crippen molar-refractivity contribution < 1.29 is 24.5 Å². The summed E-state index contributed by atoms with van der Waals surface area (Å²) in [6.07, 6.45) is -3.87. The minimum atomic E-state index is -1.43. The summed E-state index contributed by atoms with van der Waals surface area (Å²) < 4.78 is 11.5. The number of aliphatic hydroxyl groups is 2. The van der Waals surface area contributed by atoms with E-state index >= 15 is 0 Å². The van der Waals surface area contributed by atoms with E-state index in [1.54, 1.807) is 30.3 Å². The maximum atomic E-state index is 11.9. The first-order valence-corrected chi connectivity index (χ1v) is 7.52. The summed E-state index contributed by atoms with van der Waals surface area (Å²) in [6.45, 7) is -0.305. The van der Waals surface area contributed by atoms with Crippen molar-refractivity contribution in [3.05, 3.63) is 69.0 Å². The van der Waals surface area contributed by atoms with E-state index in [1.165, 1.54) is 0 Å². The second kappa shape index (κ2) is 7.01. The van der Waals surface area contributed by atoms with Crippen molar-refractivity contribution in [3.63, 3.8) is 0 Å². The zero-order valence-corrected chi connectivity index (χ0v) is 12.9. The highest BCUT2D eigenvalue weighted by Crippen LogP contribution is 2.28. The van der Waals surface area contributed by atoms with Gasteiger partial charge in [-0.1, -0.05) is 18.2 Å². The molecule has 132 valence electrons. The van der Waals surface area contributed by atoms with Crippen LogP contribution in [0, 0.1) is 0 Å². The summed E-state index contributed by atoms with van der Waals surface area (Å²) in [7, 11) is 0. The van der Waals surface area contributed by atoms with Crippen molar-refractivity contribution >= 4 is 5.97 Å². The van der Waals surface area contributed by atoms with Crippen molar-refractivity contribution in [3.8, 4) is 0 Å². The lowest BCUT2D eigenvalue weighted by Crippen LogP contribution is -2.37. The second-order valence-corrected chi connectivity index (χ2v) is 5.53. The standard InChI is InChI=1S/C16H16N2O7/c19-11-6-7-18(16(23)17-11)14-13(21)12(20)10(25-14)8-24-15(22)9-4-2-1-3-5-9/h1-7,10,12-14,20-21H,8H2,(H,17,19,23)/t10-,12-,13+,14-/m1/s1. The van der Waals surface area contributed by atoms with Crippen molar-refractivity contribution in [2.75, 3.05) is 6.61 Å². The van der Waals surface area contributed by atoms with Gasteiger partial charge in [0.25, 0.3) is 5.56 Å². The van der Waals surface area contributed by atoms with Gasteiger partial charge >= 0.3 is 11.7 Å². The first kappa shape index (κ1) is 17.1. The van der Waals surface area contributed by atoms with E-state index in [9.17, 15) is 24.6 Å². The lowest BCUT2D eigenvalue weighted by Gasteiger charge is -2.16. The Bertz CT molecular complexity index is 861. The van der Waals surface area contributed by atoms with Gasteiger partial charge in [0.15, 0.2) is 6.23 Å². The van der Waals surface area contributed by atoms with Crippen LogP contribution < -0.4 is 11.2 Å². The molecule has 3 N–H and O–H groups in total. The normalized spacial score (nSPS) is 25.7. The van der Waals surface area contributed by atoms with Crippen LogP contribution in [0.15, 0.2) is 52.2 Å². The molecule has 0 amide bonds. The molecule has 2 heterocycles. The maximum absolute atomic E-state index is 11.9. The molecule has 1 fully saturated rings. The van der Waals surface area contributed by atoms with Crippen molar-refractivity contribution in [1.82, 2.24) is 9.55 Å². The fourth-order valence-electron chi connectivity index (χ4n) is 2.54. The van der Waals surface area contributed by atoms with E-state index in [2.05, 4.69) is 0 Å². The molecule has 9 heteroatoms. The van der Waals surface area contributed by atoms with Gasteiger partial charge in [0.1, 0.15) is 24.9 Å². The van der Waals surface area contributed by atoms with E-state index in [4.69, 9.17) is 9.47 Å². The number of carbonyl (C=O) groups is 1. The lowest BCUT2D eigenvalue weighted by atomic mass is 10.1. The minimum Gasteiger partial charge on any atom is -0.459 e. The van der Waals surface area contributed by atoms with Crippen LogP contribution in [0.3, 0.4) is 0 Å². The number of aliphatic hydroxyl groups excluding tert-OH is 2. The summed E-state index contributed by atoms with van der Waals surface area (Å²) in [4.78, 5) is 36.8. The molecular weight excluding hydrogens is 332 g/mol. The van der Waals surface area contributed by atoms with Crippen LogP contribution in [0.25, 0.3) is 0 Å². The van der Waals surface area contributed by atoms with Gasteiger partial charge in [-0.25, -0.2) is 9.59 Å². The highest BCUT2D eigenvalue weighted by molar-refractivity contribution is 5.89. The smallest absolute Gasteiger partial charge is 0.338 e. The van der Waals surface area contributed by atoms with Crippen molar-refractivity contribution in [2.45, 2.75) is 24.5 Å². The maximum Gasteiger partial charge on any atom is 0.338 e. The molecule has 0 radical (unpaired) electrons. The molecule has 25 heavy (non-hydrogen) atoms. The Labute approximate surface area is 141 Å². The third-order valence-electron chi connectivity index (χ3n) is 3.85. The summed E-state index contributed by atoms with van der Waals surface area (Å²) >= 11 is 0. The van der Waals surface area contributed by atoms with Gasteiger partial charge in [-0.15, -0.1) is 0 Å². The van der Waals surface area contributed by atoms with Crippen LogP contribution in [0.1, 0.15) is 16.6 Å². The molecular formula is C16H16N2O7. The summed E-state index contributed by atoms with van der Waals surface area (Å²) in [5.74, 6) is -0.601. The fourth-order valence-corrected chi connectivity index (χ4v) is 2.54. The number of carbonyl (C=O) groups excluding carboxylic acids is 1. The van der Waals surface area contributed by atoms with E-state index < -0.39 is 41.8 Å². The van der Waals surface area contributed by atoms with Gasteiger partial charge in [-0.05, 0) is 12.1 Å². The Morgan fingerprint density at radius 1 is 1.16 bits per heavy atom. The molecule has 4 atom stereocenters.